The van der Waals surface area contributed by atoms with Gasteiger partial charge in [0.1, 0.15) is 0 Å². The number of aromatic nitrogens is 2. The van der Waals surface area contributed by atoms with Crippen LogP contribution in [-0.4, -0.2) is 8.75 Å². The van der Waals surface area contributed by atoms with E-state index < -0.39 is 0 Å². The average Bonchev–Trinajstić information content (AvgIpc) is 2.14. The summed E-state index contributed by atoms with van der Waals surface area (Å²) in [6.07, 6.45) is 1.72. The summed E-state index contributed by atoms with van der Waals surface area (Å²) < 4.78 is 7.66. The summed E-state index contributed by atoms with van der Waals surface area (Å²) >= 11 is 5.20. The second kappa shape index (κ2) is 2.28. The van der Waals surface area contributed by atoms with Crippen LogP contribution in [0.2, 0.25) is 0 Å². The second-order valence-corrected chi connectivity index (χ2v) is 1.93. The third kappa shape index (κ3) is 1.14. The molecule has 0 fully saturated rings. The minimum atomic E-state index is 0.691. The molecule has 0 spiro atoms. The first-order chi connectivity index (χ1) is 3.43. The van der Waals surface area contributed by atoms with Crippen molar-refractivity contribution in [2.75, 3.05) is 0 Å². The molecule has 1 rings (SSSR count). The van der Waals surface area contributed by atoms with E-state index in [0.29, 0.717) is 5.75 Å². The Kier molecular flexibility index (Phi) is 1.64. The third-order valence-electron chi connectivity index (χ3n) is 0.569. The lowest BCUT2D eigenvalue weighted by Gasteiger charge is -1.74. The summed E-state index contributed by atoms with van der Waals surface area (Å²) in [5.74, 6) is 0.691. The highest BCUT2D eigenvalue weighted by Gasteiger charge is 1.86. The number of thiol groups is 1. The van der Waals surface area contributed by atoms with E-state index in [4.69, 9.17) is 0 Å². The molecule has 7 heavy (non-hydrogen) atoms. The maximum absolute atomic E-state index is 3.98. The van der Waals surface area contributed by atoms with Gasteiger partial charge in [-0.05, 0) is 0 Å². The Labute approximate surface area is 51.3 Å². The van der Waals surface area contributed by atoms with Gasteiger partial charge in [-0.3, -0.25) is 0 Å². The molecule has 2 nitrogen and oxygen atoms in total. The Morgan fingerprint density at radius 2 is 2.71 bits per heavy atom. The maximum Gasteiger partial charge on any atom is 0.0839 e. The van der Waals surface area contributed by atoms with Crippen LogP contribution in [0.5, 0.6) is 0 Å². The molecule has 0 unspecified atom stereocenters. The molecule has 0 amide bonds. The molecule has 1 aromatic heterocycles. The fraction of sp³-hybridized carbons (Fsp3) is 0.333. The first kappa shape index (κ1) is 5.05. The Hall–Kier alpha value is -0.0900. The molecule has 0 aliphatic rings. The molecule has 0 saturated heterocycles. The van der Waals surface area contributed by atoms with Crippen molar-refractivity contribution in [1.82, 2.24) is 8.75 Å². The van der Waals surface area contributed by atoms with Crippen LogP contribution in [0.25, 0.3) is 0 Å². The topological polar surface area (TPSA) is 25.8 Å². The molecule has 4 heteroatoms. The summed E-state index contributed by atoms with van der Waals surface area (Å²) in [4.78, 5) is 0. The van der Waals surface area contributed by atoms with Crippen molar-refractivity contribution >= 4 is 24.4 Å². The quantitative estimate of drug-likeness (QED) is 0.576. The molecule has 38 valence electrons. The number of hydrogen-bond acceptors (Lipinski definition) is 4. The Morgan fingerprint density at radius 3 is 3.00 bits per heavy atom. The van der Waals surface area contributed by atoms with Crippen molar-refractivity contribution in [2.45, 2.75) is 5.75 Å². The fourth-order valence-electron chi connectivity index (χ4n) is 0.254. The van der Waals surface area contributed by atoms with Gasteiger partial charge in [0.05, 0.1) is 23.6 Å². The Morgan fingerprint density at radius 1 is 1.86 bits per heavy atom. The minimum absolute atomic E-state index is 0.691. The van der Waals surface area contributed by atoms with Crippen molar-refractivity contribution in [2.24, 2.45) is 0 Å². The van der Waals surface area contributed by atoms with Crippen LogP contribution in [0.4, 0.5) is 0 Å². The van der Waals surface area contributed by atoms with Gasteiger partial charge in [0.25, 0.3) is 0 Å². The van der Waals surface area contributed by atoms with Crippen molar-refractivity contribution in [3.05, 3.63) is 11.9 Å². The van der Waals surface area contributed by atoms with E-state index in [1.54, 1.807) is 6.20 Å². The Bertz CT molecular complexity index is 125. The van der Waals surface area contributed by atoms with E-state index in [-0.39, 0.29) is 0 Å². The highest BCUT2D eigenvalue weighted by atomic mass is 32.1. The highest BCUT2D eigenvalue weighted by molar-refractivity contribution is 7.79. The van der Waals surface area contributed by atoms with E-state index in [2.05, 4.69) is 21.4 Å². The molecule has 0 atom stereocenters. The number of nitrogens with zero attached hydrogens (tertiary/aromatic N) is 2. The number of hydrogen-bond donors (Lipinski definition) is 1. The van der Waals surface area contributed by atoms with Crippen molar-refractivity contribution < 1.29 is 0 Å². The van der Waals surface area contributed by atoms with Gasteiger partial charge in [-0.1, -0.05) is 0 Å². The van der Waals surface area contributed by atoms with E-state index in [1.165, 1.54) is 11.7 Å². The van der Waals surface area contributed by atoms with Crippen LogP contribution in [0, 0.1) is 0 Å². The van der Waals surface area contributed by atoms with Gasteiger partial charge in [0.15, 0.2) is 0 Å². The normalized spacial score (nSPS) is 9.29. The molecule has 1 heterocycles. The van der Waals surface area contributed by atoms with E-state index in [1.807, 2.05) is 0 Å². The zero-order valence-corrected chi connectivity index (χ0v) is 5.25. The van der Waals surface area contributed by atoms with E-state index in [9.17, 15) is 0 Å². The smallest absolute Gasteiger partial charge is 0.0839 e. The van der Waals surface area contributed by atoms with Crippen LogP contribution in [0.3, 0.4) is 0 Å². The maximum atomic E-state index is 3.98. The predicted molar refractivity (Wildman–Crippen MR) is 32.6 cm³/mol. The largest absolute Gasteiger partial charge is 0.181 e. The zero-order chi connectivity index (χ0) is 5.11. The first-order valence-corrected chi connectivity index (χ1v) is 3.17. The van der Waals surface area contributed by atoms with Gasteiger partial charge in [0, 0.05) is 5.75 Å². The van der Waals surface area contributed by atoms with Crippen LogP contribution < -0.4 is 0 Å². The van der Waals surface area contributed by atoms with Crippen molar-refractivity contribution in [3.63, 3.8) is 0 Å². The van der Waals surface area contributed by atoms with Crippen molar-refractivity contribution in [1.29, 1.82) is 0 Å². The van der Waals surface area contributed by atoms with Gasteiger partial charge >= 0.3 is 0 Å². The van der Waals surface area contributed by atoms with Crippen LogP contribution in [0.1, 0.15) is 5.69 Å². The van der Waals surface area contributed by atoms with Crippen LogP contribution in [-0.2, 0) is 5.75 Å². The highest BCUT2D eigenvalue weighted by Crippen LogP contribution is 1.96. The molecule has 0 aliphatic carbocycles. The van der Waals surface area contributed by atoms with Crippen LogP contribution >= 0.6 is 24.4 Å². The molecular weight excluding hydrogens is 128 g/mol. The summed E-state index contributed by atoms with van der Waals surface area (Å²) in [6, 6.07) is 0. The average molecular weight is 132 g/mol. The predicted octanol–water partition coefficient (Wildman–Crippen LogP) is 0.968. The summed E-state index contributed by atoms with van der Waals surface area (Å²) in [6.45, 7) is 0. The number of rotatable bonds is 1. The molecule has 0 aromatic carbocycles. The molecule has 0 aliphatic heterocycles. The van der Waals surface area contributed by atoms with Gasteiger partial charge in [0.2, 0.25) is 0 Å². The van der Waals surface area contributed by atoms with Crippen LogP contribution in [0.15, 0.2) is 6.20 Å². The van der Waals surface area contributed by atoms with Gasteiger partial charge < -0.3 is 0 Å². The molecule has 0 N–H and O–H groups in total. The zero-order valence-electron chi connectivity index (χ0n) is 3.53. The first-order valence-electron chi connectivity index (χ1n) is 1.81. The third-order valence-corrected chi connectivity index (χ3v) is 1.41. The second-order valence-electron chi connectivity index (χ2n) is 1.06. The summed E-state index contributed by atoms with van der Waals surface area (Å²) in [7, 11) is 0. The minimum Gasteiger partial charge on any atom is -0.181 e. The van der Waals surface area contributed by atoms with Gasteiger partial charge in [-0.25, -0.2) is 0 Å². The molecule has 1 aromatic rings. The summed E-state index contributed by atoms with van der Waals surface area (Å²) in [5, 5.41) is 0. The Balaban J connectivity index is 2.76. The standard InChI is InChI=1S/C3H4N2S2/c6-2-3-1-4-7-5-3/h1,6H,2H2. The summed E-state index contributed by atoms with van der Waals surface area (Å²) in [5.41, 5.74) is 0.952. The molecule has 0 bridgehead atoms. The lowest BCUT2D eigenvalue weighted by molar-refractivity contribution is 1.29. The SMILES string of the molecule is SCc1cnsn1. The van der Waals surface area contributed by atoms with Crippen molar-refractivity contribution in [3.8, 4) is 0 Å². The van der Waals surface area contributed by atoms with E-state index in [0.717, 1.165) is 5.69 Å². The molecule has 0 radical (unpaired) electrons. The van der Waals surface area contributed by atoms with E-state index >= 15 is 0 Å². The molecular formula is C3H4N2S2. The lowest BCUT2D eigenvalue weighted by atomic mass is 10.6. The van der Waals surface area contributed by atoms with Gasteiger partial charge in [-0.15, -0.1) is 0 Å². The lowest BCUT2D eigenvalue weighted by Crippen LogP contribution is -1.69. The van der Waals surface area contributed by atoms with Gasteiger partial charge in [-0.2, -0.15) is 21.4 Å². The monoisotopic (exact) mass is 132 g/mol. The fourth-order valence-corrected chi connectivity index (χ4v) is 0.934. The molecule has 0 saturated carbocycles.